The minimum absolute atomic E-state index is 0.0574. The summed E-state index contributed by atoms with van der Waals surface area (Å²) in [4.78, 5) is 38.4. The van der Waals surface area contributed by atoms with Crippen molar-refractivity contribution in [3.63, 3.8) is 0 Å². The first-order chi connectivity index (χ1) is 15.4. The monoisotopic (exact) mass is 437 g/mol. The van der Waals surface area contributed by atoms with E-state index in [0.29, 0.717) is 5.70 Å². The third kappa shape index (κ3) is 4.14. The van der Waals surface area contributed by atoms with Crippen LogP contribution in [0.4, 0.5) is 10.5 Å². The highest BCUT2D eigenvalue weighted by atomic mass is 16.6. The maximum Gasteiger partial charge on any atom is 0.338 e. The molecular formula is C23H23N3O6. The summed E-state index contributed by atoms with van der Waals surface area (Å²) in [6, 6.07) is 12.6. The molecule has 2 aromatic carbocycles. The smallest absolute Gasteiger partial charge is 0.338 e. The fourth-order valence-corrected chi connectivity index (χ4v) is 3.83. The zero-order valence-corrected chi connectivity index (χ0v) is 17.7. The van der Waals surface area contributed by atoms with Crippen molar-refractivity contribution in [2.45, 2.75) is 31.8 Å². The second-order valence-corrected chi connectivity index (χ2v) is 7.76. The average Bonchev–Trinajstić information content (AvgIpc) is 3.62. The van der Waals surface area contributed by atoms with Crippen molar-refractivity contribution in [3.05, 3.63) is 81.0 Å². The van der Waals surface area contributed by atoms with E-state index in [9.17, 15) is 19.7 Å². The molecule has 1 saturated carbocycles. The molecule has 0 saturated heterocycles. The second-order valence-electron chi connectivity index (χ2n) is 7.76. The molecule has 1 unspecified atom stereocenters. The summed E-state index contributed by atoms with van der Waals surface area (Å²) in [5.74, 6) is -0.531. The van der Waals surface area contributed by atoms with Gasteiger partial charge in [0.05, 0.1) is 29.3 Å². The lowest BCUT2D eigenvalue weighted by molar-refractivity contribution is -0.385. The van der Waals surface area contributed by atoms with Crippen molar-refractivity contribution >= 4 is 17.7 Å². The van der Waals surface area contributed by atoms with Crippen LogP contribution in [0.15, 0.2) is 59.8 Å². The molecule has 1 N–H and O–H groups in total. The highest BCUT2D eigenvalue weighted by molar-refractivity contribution is 5.95. The molecular weight excluding hydrogens is 414 g/mol. The van der Waals surface area contributed by atoms with Gasteiger partial charge in [-0.15, -0.1) is 0 Å². The number of amides is 2. The van der Waals surface area contributed by atoms with Gasteiger partial charge in [-0.25, -0.2) is 9.59 Å². The number of nitro benzene ring substituents is 1. The molecule has 0 aromatic heterocycles. The summed E-state index contributed by atoms with van der Waals surface area (Å²) in [6.07, 6.45) is 1.60. The Morgan fingerprint density at radius 2 is 1.94 bits per heavy atom. The number of urea groups is 1. The van der Waals surface area contributed by atoms with Gasteiger partial charge in [0.1, 0.15) is 6.61 Å². The number of aryl methyl sites for hydroxylation is 1. The van der Waals surface area contributed by atoms with Crippen LogP contribution in [0, 0.1) is 17.0 Å². The normalized spacial score (nSPS) is 18.2. The van der Waals surface area contributed by atoms with Gasteiger partial charge >= 0.3 is 17.7 Å². The zero-order valence-electron chi connectivity index (χ0n) is 17.7. The van der Waals surface area contributed by atoms with E-state index in [0.717, 1.165) is 24.0 Å². The Kier molecular flexibility index (Phi) is 5.81. The highest BCUT2D eigenvalue weighted by Gasteiger charge is 2.44. The Balaban J connectivity index is 1.78. The maximum atomic E-state index is 13.0. The number of carbonyl (C=O) groups is 2. The average molecular weight is 437 g/mol. The Morgan fingerprint density at radius 1 is 1.22 bits per heavy atom. The quantitative estimate of drug-likeness (QED) is 0.402. The number of esters is 1. The van der Waals surface area contributed by atoms with Crippen molar-refractivity contribution in [1.82, 2.24) is 10.2 Å². The molecule has 32 heavy (non-hydrogen) atoms. The lowest BCUT2D eigenvalue weighted by atomic mass is 9.94. The van der Waals surface area contributed by atoms with Crippen molar-refractivity contribution in [2.24, 2.45) is 0 Å². The first-order valence-electron chi connectivity index (χ1n) is 10.2. The van der Waals surface area contributed by atoms with Crippen LogP contribution in [-0.2, 0) is 9.53 Å². The van der Waals surface area contributed by atoms with Gasteiger partial charge < -0.3 is 14.8 Å². The minimum atomic E-state index is -0.724. The van der Waals surface area contributed by atoms with E-state index in [2.05, 4.69) is 5.32 Å². The molecule has 2 aliphatic rings. The molecule has 4 rings (SSSR count). The predicted molar refractivity (Wildman–Crippen MR) is 115 cm³/mol. The highest BCUT2D eigenvalue weighted by Crippen LogP contribution is 2.39. The molecule has 1 fully saturated rings. The molecule has 0 radical (unpaired) electrons. The number of hydrogen-bond donors (Lipinski definition) is 1. The molecule has 0 bridgehead atoms. The van der Waals surface area contributed by atoms with Gasteiger partial charge in [-0.05, 0) is 37.0 Å². The third-order valence-corrected chi connectivity index (χ3v) is 5.50. The predicted octanol–water partition coefficient (Wildman–Crippen LogP) is 3.64. The van der Waals surface area contributed by atoms with Crippen LogP contribution in [0.3, 0.4) is 0 Å². The van der Waals surface area contributed by atoms with Gasteiger partial charge in [0.25, 0.3) is 0 Å². The lowest BCUT2D eigenvalue weighted by Crippen LogP contribution is -2.50. The zero-order chi connectivity index (χ0) is 22.8. The number of nitrogens with zero attached hydrogens (tertiary/aromatic N) is 2. The summed E-state index contributed by atoms with van der Waals surface area (Å²) in [5.41, 5.74) is 1.87. The molecule has 1 atom stereocenters. The van der Waals surface area contributed by atoms with Gasteiger partial charge in [-0.2, -0.15) is 0 Å². The van der Waals surface area contributed by atoms with Crippen molar-refractivity contribution in [3.8, 4) is 5.75 Å². The third-order valence-electron chi connectivity index (χ3n) is 5.50. The number of carbonyl (C=O) groups excluding carboxylic acids is 2. The van der Waals surface area contributed by atoms with Crippen LogP contribution in [0.2, 0.25) is 0 Å². The van der Waals surface area contributed by atoms with E-state index in [4.69, 9.17) is 9.47 Å². The van der Waals surface area contributed by atoms with E-state index in [1.807, 2.05) is 30.3 Å². The summed E-state index contributed by atoms with van der Waals surface area (Å²) < 4.78 is 10.9. The van der Waals surface area contributed by atoms with Crippen LogP contribution in [-0.4, -0.2) is 41.6 Å². The van der Waals surface area contributed by atoms with Crippen LogP contribution >= 0.6 is 0 Å². The standard InChI is InChI=1S/C23H23N3O6/c1-14-8-11-19(17(12-14)26(29)30)32-13-18-20(22(27)31-2)21(15-6-4-3-5-7-15)24-23(28)25(18)16-9-10-16/h3-8,11-12,16,21H,9-10,13H2,1-2H3,(H,24,28). The Hall–Kier alpha value is -3.88. The van der Waals surface area contributed by atoms with Gasteiger partial charge in [0.2, 0.25) is 0 Å². The van der Waals surface area contributed by atoms with E-state index in [-0.39, 0.29) is 35.7 Å². The lowest BCUT2D eigenvalue weighted by Gasteiger charge is -2.36. The molecule has 0 spiro atoms. The molecule has 9 heteroatoms. The summed E-state index contributed by atoms with van der Waals surface area (Å²) >= 11 is 0. The van der Waals surface area contributed by atoms with Gasteiger partial charge in [0.15, 0.2) is 5.75 Å². The summed E-state index contributed by atoms with van der Waals surface area (Å²) in [7, 11) is 1.28. The van der Waals surface area contributed by atoms with Gasteiger partial charge in [0, 0.05) is 12.1 Å². The number of ether oxygens (including phenoxy) is 2. The molecule has 1 heterocycles. The molecule has 1 aliphatic heterocycles. The molecule has 9 nitrogen and oxygen atoms in total. The van der Waals surface area contributed by atoms with Crippen LogP contribution < -0.4 is 10.1 Å². The minimum Gasteiger partial charge on any atom is -0.480 e. The number of methoxy groups -OCH3 is 1. The molecule has 2 amide bonds. The van der Waals surface area contributed by atoms with Crippen molar-refractivity contribution in [1.29, 1.82) is 0 Å². The van der Waals surface area contributed by atoms with E-state index >= 15 is 0 Å². The first-order valence-corrected chi connectivity index (χ1v) is 10.2. The molecule has 2 aromatic rings. The van der Waals surface area contributed by atoms with E-state index in [1.54, 1.807) is 13.0 Å². The number of benzene rings is 2. The van der Waals surface area contributed by atoms with Crippen LogP contribution in [0.1, 0.15) is 30.0 Å². The summed E-state index contributed by atoms with van der Waals surface area (Å²) in [6.45, 7) is 1.56. The van der Waals surface area contributed by atoms with Crippen LogP contribution in [0.25, 0.3) is 0 Å². The van der Waals surface area contributed by atoms with Gasteiger partial charge in [-0.3, -0.25) is 15.0 Å². The Labute approximate surface area is 184 Å². The summed E-state index contributed by atoms with van der Waals surface area (Å²) in [5, 5.41) is 14.4. The fraction of sp³-hybridized carbons (Fsp3) is 0.304. The number of nitrogens with one attached hydrogen (secondary N) is 1. The molecule has 166 valence electrons. The molecule has 1 aliphatic carbocycles. The fourth-order valence-electron chi connectivity index (χ4n) is 3.83. The van der Waals surface area contributed by atoms with E-state index in [1.165, 1.54) is 24.1 Å². The second kappa shape index (κ2) is 8.70. The van der Waals surface area contributed by atoms with Gasteiger partial charge in [-0.1, -0.05) is 36.4 Å². The SMILES string of the molecule is COC(=O)C1=C(COc2ccc(C)cc2[N+](=O)[O-])N(C2CC2)C(=O)NC1c1ccccc1. The number of nitro groups is 1. The number of hydrogen-bond acceptors (Lipinski definition) is 6. The van der Waals surface area contributed by atoms with Crippen molar-refractivity contribution in [2.75, 3.05) is 13.7 Å². The maximum absolute atomic E-state index is 13.0. The Morgan fingerprint density at radius 3 is 2.56 bits per heavy atom. The van der Waals surface area contributed by atoms with E-state index < -0.39 is 16.9 Å². The largest absolute Gasteiger partial charge is 0.480 e. The van der Waals surface area contributed by atoms with Crippen molar-refractivity contribution < 1.29 is 24.0 Å². The first kappa shape index (κ1) is 21.4. The topological polar surface area (TPSA) is 111 Å². The number of rotatable bonds is 7. The van der Waals surface area contributed by atoms with Crippen LogP contribution in [0.5, 0.6) is 5.75 Å². The Bertz CT molecular complexity index is 1090.